The van der Waals surface area contributed by atoms with Crippen molar-refractivity contribution in [3.05, 3.63) is 34.9 Å². The third-order valence-corrected chi connectivity index (χ3v) is 2.98. The molecule has 1 aromatic carbocycles. The van der Waals surface area contributed by atoms with Crippen molar-refractivity contribution in [3.8, 4) is 0 Å². The minimum absolute atomic E-state index is 0.0915. The fourth-order valence-corrected chi connectivity index (χ4v) is 2.31. The molecule has 0 heterocycles. The molecule has 96 valence electrons. The quantitative estimate of drug-likeness (QED) is 0.871. The van der Waals surface area contributed by atoms with Crippen molar-refractivity contribution in [3.63, 3.8) is 0 Å². The van der Waals surface area contributed by atoms with Crippen LogP contribution >= 0.6 is 0 Å². The van der Waals surface area contributed by atoms with Crippen LogP contribution in [0.1, 0.15) is 43.6 Å². The number of hydrogen-bond donors (Lipinski definition) is 1. The molecule has 17 heavy (non-hydrogen) atoms. The Morgan fingerprint density at radius 3 is 1.88 bits per heavy atom. The summed E-state index contributed by atoms with van der Waals surface area (Å²) in [5.74, 6) is 0. The fourth-order valence-electron chi connectivity index (χ4n) is 2.31. The SMILES string of the molecule is COC(C(O)c1cc(C)cc(C)c1)C(C)(C)C. The highest BCUT2D eigenvalue weighted by Crippen LogP contribution is 2.32. The monoisotopic (exact) mass is 236 g/mol. The van der Waals surface area contributed by atoms with Crippen molar-refractivity contribution in [1.29, 1.82) is 0 Å². The smallest absolute Gasteiger partial charge is 0.106 e. The van der Waals surface area contributed by atoms with Crippen LogP contribution < -0.4 is 0 Å². The molecule has 0 fully saturated rings. The van der Waals surface area contributed by atoms with Crippen molar-refractivity contribution in [2.45, 2.75) is 46.8 Å². The lowest BCUT2D eigenvalue weighted by Gasteiger charge is -2.33. The van der Waals surface area contributed by atoms with Gasteiger partial charge in [0.2, 0.25) is 0 Å². The Bertz CT molecular complexity index is 357. The molecule has 0 saturated heterocycles. The number of hydrogen-bond acceptors (Lipinski definition) is 2. The number of aliphatic hydroxyl groups excluding tert-OH is 1. The van der Waals surface area contributed by atoms with Gasteiger partial charge in [0.25, 0.3) is 0 Å². The molecule has 0 bridgehead atoms. The van der Waals surface area contributed by atoms with Crippen LogP contribution in [-0.2, 0) is 4.74 Å². The third kappa shape index (κ3) is 3.55. The van der Waals surface area contributed by atoms with E-state index in [2.05, 4.69) is 26.8 Å². The highest BCUT2D eigenvalue weighted by atomic mass is 16.5. The van der Waals surface area contributed by atoms with Crippen molar-refractivity contribution in [2.75, 3.05) is 7.11 Å². The van der Waals surface area contributed by atoms with Gasteiger partial charge in [0.1, 0.15) is 6.10 Å². The maximum absolute atomic E-state index is 10.4. The number of methoxy groups -OCH3 is 1. The van der Waals surface area contributed by atoms with Crippen molar-refractivity contribution in [2.24, 2.45) is 5.41 Å². The van der Waals surface area contributed by atoms with Gasteiger partial charge < -0.3 is 9.84 Å². The van der Waals surface area contributed by atoms with Gasteiger partial charge in [-0.1, -0.05) is 50.1 Å². The number of aryl methyl sites for hydroxylation is 2. The first-order valence-electron chi connectivity index (χ1n) is 6.04. The Morgan fingerprint density at radius 2 is 1.53 bits per heavy atom. The maximum atomic E-state index is 10.4. The zero-order chi connectivity index (χ0) is 13.2. The van der Waals surface area contributed by atoms with Crippen LogP contribution in [0.5, 0.6) is 0 Å². The molecule has 1 aromatic rings. The number of ether oxygens (including phenoxy) is 1. The van der Waals surface area contributed by atoms with Gasteiger partial charge in [-0.05, 0) is 24.8 Å². The van der Waals surface area contributed by atoms with E-state index in [-0.39, 0.29) is 11.5 Å². The molecule has 2 unspecified atom stereocenters. The molecule has 1 N–H and O–H groups in total. The highest BCUT2D eigenvalue weighted by molar-refractivity contribution is 5.30. The van der Waals surface area contributed by atoms with Crippen LogP contribution in [0, 0.1) is 19.3 Å². The summed E-state index contributed by atoms with van der Waals surface area (Å²) in [6.07, 6.45) is -0.790. The Kier molecular flexibility index (Phi) is 4.34. The summed E-state index contributed by atoms with van der Waals surface area (Å²) in [4.78, 5) is 0. The molecular weight excluding hydrogens is 212 g/mol. The average Bonchev–Trinajstić information content (AvgIpc) is 2.14. The maximum Gasteiger partial charge on any atom is 0.106 e. The van der Waals surface area contributed by atoms with Gasteiger partial charge in [0.05, 0.1) is 6.10 Å². The number of rotatable bonds is 3. The van der Waals surface area contributed by atoms with E-state index in [0.717, 1.165) is 5.56 Å². The summed E-state index contributed by atoms with van der Waals surface area (Å²) in [6, 6.07) is 6.15. The molecule has 2 nitrogen and oxygen atoms in total. The van der Waals surface area contributed by atoms with Crippen LogP contribution in [0.4, 0.5) is 0 Å². The molecular formula is C15H24O2. The van der Waals surface area contributed by atoms with Crippen molar-refractivity contribution < 1.29 is 9.84 Å². The summed E-state index contributed by atoms with van der Waals surface area (Å²) in [5, 5.41) is 10.4. The zero-order valence-electron chi connectivity index (χ0n) is 11.7. The predicted molar refractivity (Wildman–Crippen MR) is 71.1 cm³/mol. The molecule has 2 atom stereocenters. The largest absolute Gasteiger partial charge is 0.386 e. The van der Waals surface area contributed by atoms with Crippen LogP contribution in [-0.4, -0.2) is 18.3 Å². The minimum atomic E-state index is -0.585. The van der Waals surface area contributed by atoms with E-state index in [1.54, 1.807) is 7.11 Å². The first-order valence-corrected chi connectivity index (χ1v) is 6.04. The Hall–Kier alpha value is -0.860. The standard InChI is InChI=1S/C15H24O2/c1-10-7-11(2)9-12(8-10)13(16)14(17-6)15(3,4)5/h7-9,13-14,16H,1-6H3. The highest BCUT2D eigenvalue weighted by Gasteiger charge is 2.32. The van der Waals surface area contributed by atoms with Crippen LogP contribution in [0.2, 0.25) is 0 Å². The van der Waals surface area contributed by atoms with Gasteiger partial charge >= 0.3 is 0 Å². The summed E-state index contributed by atoms with van der Waals surface area (Å²) in [7, 11) is 1.65. The first-order chi connectivity index (χ1) is 7.75. The molecule has 0 aliphatic rings. The normalized spacial score (nSPS) is 15.7. The zero-order valence-corrected chi connectivity index (χ0v) is 11.7. The summed E-state index contributed by atoms with van der Waals surface area (Å²) >= 11 is 0. The summed E-state index contributed by atoms with van der Waals surface area (Å²) < 4.78 is 5.46. The molecule has 0 aliphatic heterocycles. The number of benzene rings is 1. The molecule has 0 aromatic heterocycles. The topological polar surface area (TPSA) is 29.5 Å². The Balaban J connectivity index is 3.06. The van der Waals surface area contributed by atoms with E-state index in [0.29, 0.717) is 0 Å². The second-order valence-electron chi connectivity index (χ2n) is 5.89. The molecule has 0 aliphatic carbocycles. The second-order valence-corrected chi connectivity index (χ2v) is 5.89. The van der Waals surface area contributed by atoms with E-state index < -0.39 is 6.10 Å². The first kappa shape index (κ1) is 14.2. The van der Waals surface area contributed by atoms with E-state index in [1.165, 1.54) is 11.1 Å². The molecule has 0 radical (unpaired) electrons. The summed E-state index contributed by atoms with van der Waals surface area (Å²) in [6.45, 7) is 10.3. The van der Waals surface area contributed by atoms with Gasteiger partial charge in [-0.3, -0.25) is 0 Å². The molecule has 1 rings (SSSR count). The van der Waals surface area contributed by atoms with Crippen molar-refractivity contribution >= 4 is 0 Å². The lowest BCUT2D eigenvalue weighted by molar-refractivity contribution is -0.0724. The van der Waals surface area contributed by atoms with E-state index in [4.69, 9.17) is 4.74 Å². The number of aliphatic hydroxyl groups is 1. The van der Waals surface area contributed by atoms with Crippen LogP contribution in [0.25, 0.3) is 0 Å². The minimum Gasteiger partial charge on any atom is -0.386 e. The van der Waals surface area contributed by atoms with Crippen molar-refractivity contribution in [1.82, 2.24) is 0 Å². The average molecular weight is 236 g/mol. The third-order valence-electron chi connectivity index (χ3n) is 2.98. The van der Waals surface area contributed by atoms with E-state index in [9.17, 15) is 5.11 Å². The van der Waals surface area contributed by atoms with Gasteiger partial charge in [0, 0.05) is 7.11 Å². The Labute approximate surface area is 105 Å². The lowest BCUT2D eigenvalue weighted by atomic mass is 9.83. The lowest BCUT2D eigenvalue weighted by Crippen LogP contribution is -2.34. The van der Waals surface area contributed by atoms with Gasteiger partial charge in [-0.2, -0.15) is 0 Å². The van der Waals surface area contributed by atoms with Gasteiger partial charge in [-0.25, -0.2) is 0 Å². The second kappa shape index (κ2) is 5.19. The summed E-state index contributed by atoms with van der Waals surface area (Å²) in [5.41, 5.74) is 3.18. The van der Waals surface area contributed by atoms with Crippen LogP contribution in [0.3, 0.4) is 0 Å². The Morgan fingerprint density at radius 1 is 1.06 bits per heavy atom. The van der Waals surface area contributed by atoms with E-state index in [1.807, 2.05) is 26.0 Å². The molecule has 0 spiro atoms. The molecule has 2 heteroatoms. The molecule has 0 amide bonds. The molecule has 0 saturated carbocycles. The van der Waals surface area contributed by atoms with Gasteiger partial charge in [0.15, 0.2) is 0 Å². The predicted octanol–water partition coefficient (Wildman–Crippen LogP) is 3.40. The van der Waals surface area contributed by atoms with Crippen LogP contribution in [0.15, 0.2) is 18.2 Å². The van der Waals surface area contributed by atoms with E-state index >= 15 is 0 Å². The van der Waals surface area contributed by atoms with Gasteiger partial charge in [-0.15, -0.1) is 0 Å². The fraction of sp³-hybridized carbons (Fsp3) is 0.600.